The normalized spacial score (nSPS) is 8.00. The molecule has 0 aliphatic carbocycles. The summed E-state index contributed by atoms with van der Waals surface area (Å²) < 4.78 is 4.21. The molecule has 0 aliphatic heterocycles. The van der Waals surface area contributed by atoms with E-state index in [2.05, 4.69) is 14.6 Å². The Bertz CT molecular complexity index is 185. The number of rotatable bonds is 1. The first-order valence-electron chi connectivity index (χ1n) is 1.78. The maximum Gasteiger partial charge on any atom is 1.00 e. The van der Waals surface area contributed by atoms with E-state index in [0.717, 1.165) is 6.39 Å². The predicted molar refractivity (Wildman–Crippen MR) is 18.6 cm³/mol. The molecule has 0 saturated carbocycles. The van der Waals surface area contributed by atoms with Crippen LogP contribution in [0.2, 0.25) is 0 Å². The first-order chi connectivity index (χ1) is 3.80. The third-order valence-corrected chi connectivity index (χ3v) is 0.535. The van der Waals surface area contributed by atoms with Gasteiger partial charge in [-0.05, 0) is 0 Å². The van der Waals surface area contributed by atoms with Crippen molar-refractivity contribution in [1.29, 1.82) is 0 Å². The molecule has 1 aromatic rings. The molecule has 42 valence electrons. The van der Waals surface area contributed by atoms with Gasteiger partial charge in [0.05, 0.1) is 0 Å². The van der Waals surface area contributed by atoms with E-state index in [9.17, 15) is 9.90 Å². The smallest absolute Gasteiger partial charge is 0.540 e. The molecule has 1 rings (SSSR count). The summed E-state index contributed by atoms with van der Waals surface area (Å²) in [5.41, 5.74) is 0. The van der Waals surface area contributed by atoms with Crippen molar-refractivity contribution in [2.24, 2.45) is 0 Å². The monoisotopic (exact) mass is 152 g/mol. The molecule has 0 aliphatic rings. The van der Waals surface area contributed by atoms with Crippen molar-refractivity contribution < 1.29 is 65.7 Å². The number of carboxylic acid groups (broad SMARTS) is 1. The van der Waals surface area contributed by atoms with E-state index >= 15 is 0 Å². The number of carbonyl (C=O) groups excluding carboxylic acids is 1. The van der Waals surface area contributed by atoms with Crippen molar-refractivity contribution in [1.82, 2.24) is 10.2 Å². The van der Waals surface area contributed by atoms with E-state index < -0.39 is 11.9 Å². The Hall–Kier alpha value is 0.246. The van der Waals surface area contributed by atoms with Gasteiger partial charge in [0.15, 0.2) is 0 Å². The van der Waals surface area contributed by atoms with Gasteiger partial charge >= 0.3 is 51.4 Å². The van der Waals surface area contributed by atoms with Gasteiger partial charge in [0.2, 0.25) is 6.39 Å². The molecule has 0 unspecified atom stereocenters. The van der Waals surface area contributed by atoms with Gasteiger partial charge in [0.25, 0.3) is 5.89 Å². The Balaban J connectivity index is 0.000000640. The third kappa shape index (κ3) is 2.54. The number of nitrogens with zero attached hydrogens (tertiary/aromatic N) is 2. The summed E-state index contributed by atoms with van der Waals surface area (Å²) in [6, 6.07) is 0. The predicted octanol–water partition coefficient (Wildman–Crippen LogP) is -4.56. The molecule has 0 aromatic carbocycles. The van der Waals surface area contributed by atoms with E-state index in [-0.39, 0.29) is 51.4 Å². The average molecular weight is 152 g/mol. The van der Waals surface area contributed by atoms with Crippen LogP contribution in [0.15, 0.2) is 10.8 Å². The van der Waals surface area contributed by atoms with Crippen molar-refractivity contribution in [3.8, 4) is 0 Å². The van der Waals surface area contributed by atoms with E-state index in [4.69, 9.17) is 0 Å². The maximum absolute atomic E-state index is 9.75. The summed E-state index contributed by atoms with van der Waals surface area (Å²) in [5, 5.41) is 15.9. The fraction of sp³-hybridized carbons (Fsp3) is 0. The van der Waals surface area contributed by atoms with Crippen LogP contribution in [0.25, 0.3) is 0 Å². The molecule has 0 atom stereocenters. The van der Waals surface area contributed by atoms with Gasteiger partial charge in [-0.15, -0.1) is 10.2 Å². The second kappa shape index (κ2) is 4.12. The van der Waals surface area contributed by atoms with E-state index in [1.165, 1.54) is 0 Å². The maximum atomic E-state index is 9.75. The molecule has 0 amide bonds. The van der Waals surface area contributed by atoms with Crippen molar-refractivity contribution in [2.45, 2.75) is 0 Å². The van der Waals surface area contributed by atoms with Crippen LogP contribution in [0.4, 0.5) is 0 Å². The van der Waals surface area contributed by atoms with Crippen molar-refractivity contribution in [3.05, 3.63) is 12.3 Å². The average Bonchev–Trinajstić information content (AvgIpc) is 2.12. The molecule has 1 aromatic heterocycles. The molecular weight excluding hydrogens is 151 g/mol. The third-order valence-electron chi connectivity index (χ3n) is 0.535. The van der Waals surface area contributed by atoms with Crippen LogP contribution < -0.4 is 56.5 Å². The molecular formula is C3HKN2O3. The van der Waals surface area contributed by atoms with Gasteiger partial charge in [-0.2, -0.15) is 0 Å². The molecule has 6 heteroatoms. The summed E-state index contributed by atoms with van der Waals surface area (Å²) in [6.45, 7) is 0. The first kappa shape index (κ1) is 9.25. The largest absolute Gasteiger partial charge is 1.00 e. The number of hydrogen-bond acceptors (Lipinski definition) is 5. The molecule has 0 radical (unpaired) electrons. The molecule has 0 bridgehead atoms. The van der Waals surface area contributed by atoms with Gasteiger partial charge in [-0.1, -0.05) is 0 Å². The van der Waals surface area contributed by atoms with E-state index in [1.54, 1.807) is 0 Å². The van der Waals surface area contributed by atoms with Crippen LogP contribution in [0, 0.1) is 0 Å². The topological polar surface area (TPSA) is 79.0 Å². The van der Waals surface area contributed by atoms with Crippen LogP contribution in [0.5, 0.6) is 0 Å². The van der Waals surface area contributed by atoms with Crippen LogP contribution >= 0.6 is 0 Å². The first-order valence-corrected chi connectivity index (χ1v) is 1.78. The zero-order valence-electron chi connectivity index (χ0n) is 4.70. The summed E-state index contributed by atoms with van der Waals surface area (Å²) in [4.78, 5) is 9.75. The quantitative estimate of drug-likeness (QED) is 0.378. The van der Waals surface area contributed by atoms with Gasteiger partial charge in [-0.3, -0.25) is 0 Å². The molecule has 9 heavy (non-hydrogen) atoms. The fourth-order valence-corrected chi connectivity index (χ4v) is 0.262. The molecule has 1 heterocycles. The second-order valence-electron chi connectivity index (χ2n) is 1.03. The standard InChI is InChI=1S/C3H2N2O3.K/c6-3(7)2-5-4-1-8-2;/h1H,(H,6,7);/q;+1/p-1. The summed E-state index contributed by atoms with van der Waals surface area (Å²) in [7, 11) is 0. The molecule has 0 spiro atoms. The van der Waals surface area contributed by atoms with Gasteiger partial charge in [0, 0.05) is 0 Å². The van der Waals surface area contributed by atoms with Crippen molar-refractivity contribution in [2.75, 3.05) is 0 Å². The molecule has 0 fully saturated rings. The Labute approximate surface area is 92.9 Å². The molecule has 5 nitrogen and oxygen atoms in total. The zero-order valence-corrected chi connectivity index (χ0v) is 7.82. The van der Waals surface area contributed by atoms with E-state index in [1.807, 2.05) is 0 Å². The minimum atomic E-state index is -1.46. The summed E-state index contributed by atoms with van der Waals surface area (Å²) >= 11 is 0. The number of aromatic nitrogens is 2. The molecule has 0 saturated heterocycles. The number of aromatic carboxylic acids is 1. The summed E-state index contributed by atoms with van der Waals surface area (Å²) in [6.07, 6.45) is 0.922. The van der Waals surface area contributed by atoms with Crippen LogP contribution in [-0.4, -0.2) is 16.2 Å². The van der Waals surface area contributed by atoms with E-state index in [0.29, 0.717) is 0 Å². The Morgan fingerprint density at radius 2 is 2.44 bits per heavy atom. The summed E-state index contributed by atoms with van der Waals surface area (Å²) in [5.74, 6) is -1.95. The Morgan fingerprint density at radius 3 is 2.67 bits per heavy atom. The number of carbonyl (C=O) groups is 1. The van der Waals surface area contributed by atoms with Crippen LogP contribution in [0.1, 0.15) is 10.7 Å². The van der Waals surface area contributed by atoms with Crippen molar-refractivity contribution >= 4 is 5.97 Å². The fourth-order valence-electron chi connectivity index (χ4n) is 0.262. The number of hydrogen-bond donors (Lipinski definition) is 0. The molecule has 0 N–H and O–H groups in total. The Morgan fingerprint density at radius 1 is 1.78 bits per heavy atom. The van der Waals surface area contributed by atoms with Gasteiger partial charge in [0.1, 0.15) is 5.97 Å². The minimum Gasteiger partial charge on any atom is -0.540 e. The van der Waals surface area contributed by atoms with Crippen LogP contribution in [0.3, 0.4) is 0 Å². The second-order valence-corrected chi connectivity index (χ2v) is 1.03. The Kier molecular flexibility index (Phi) is 4.24. The van der Waals surface area contributed by atoms with Gasteiger partial charge < -0.3 is 14.3 Å². The van der Waals surface area contributed by atoms with Crippen LogP contribution in [-0.2, 0) is 0 Å². The van der Waals surface area contributed by atoms with Gasteiger partial charge in [-0.25, -0.2) is 0 Å². The zero-order chi connectivity index (χ0) is 5.98. The number of carboxylic acids is 1. The minimum absolute atomic E-state index is 0. The van der Waals surface area contributed by atoms with Crippen molar-refractivity contribution in [3.63, 3.8) is 0 Å². The SMILES string of the molecule is O=C([O-])c1nnco1.[K+].